The first-order valence-electron chi connectivity index (χ1n) is 6.76. The smallest absolute Gasteiger partial charge is 0.220 e. The first-order valence-corrected chi connectivity index (χ1v) is 6.76. The fraction of sp³-hybridized carbons (Fsp3) is 0.533. The van der Waals surface area contributed by atoms with Crippen LogP contribution in [0.15, 0.2) is 24.3 Å². The van der Waals surface area contributed by atoms with Crippen molar-refractivity contribution in [2.75, 3.05) is 6.54 Å². The van der Waals surface area contributed by atoms with Crippen LogP contribution >= 0.6 is 0 Å². The van der Waals surface area contributed by atoms with Gasteiger partial charge in [-0.05, 0) is 42.5 Å². The van der Waals surface area contributed by atoms with Gasteiger partial charge < -0.3 is 16.2 Å². The van der Waals surface area contributed by atoms with Gasteiger partial charge in [0, 0.05) is 13.0 Å². The van der Waals surface area contributed by atoms with Crippen LogP contribution in [0.5, 0.6) is 5.75 Å². The lowest BCUT2D eigenvalue weighted by Crippen LogP contribution is -2.28. The molecule has 0 aromatic heterocycles. The lowest BCUT2D eigenvalue weighted by atomic mass is 9.94. The van der Waals surface area contributed by atoms with Crippen molar-refractivity contribution in [3.05, 3.63) is 29.8 Å². The maximum Gasteiger partial charge on any atom is 0.220 e. The van der Waals surface area contributed by atoms with Crippen molar-refractivity contribution in [3.63, 3.8) is 0 Å². The van der Waals surface area contributed by atoms with Crippen molar-refractivity contribution >= 4 is 5.91 Å². The van der Waals surface area contributed by atoms with Crippen LogP contribution in [0.2, 0.25) is 0 Å². The van der Waals surface area contributed by atoms with E-state index >= 15 is 0 Å². The van der Waals surface area contributed by atoms with Crippen LogP contribution in [-0.2, 0) is 11.3 Å². The molecule has 4 N–H and O–H groups in total. The van der Waals surface area contributed by atoms with Crippen LogP contribution in [0, 0.1) is 11.8 Å². The Hall–Kier alpha value is -1.55. The number of rotatable bonds is 7. The van der Waals surface area contributed by atoms with Crippen LogP contribution < -0.4 is 11.1 Å². The molecule has 0 aliphatic heterocycles. The summed E-state index contributed by atoms with van der Waals surface area (Å²) >= 11 is 0. The molecule has 0 fully saturated rings. The predicted molar refractivity (Wildman–Crippen MR) is 76.6 cm³/mol. The molecule has 1 amide bonds. The van der Waals surface area contributed by atoms with Crippen LogP contribution in [0.4, 0.5) is 0 Å². The monoisotopic (exact) mass is 264 g/mol. The maximum absolute atomic E-state index is 11.8. The average Bonchev–Trinajstić information content (AvgIpc) is 2.36. The third-order valence-corrected chi connectivity index (χ3v) is 3.04. The van der Waals surface area contributed by atoms with Crippen molar-refractivity contribution < 1.29 is 9.90 Å². The molecule has 4 heteroatoms. The average molecular weight is 264 g/mol. The number of benzene rings is 1. The molecule has 0 spiro atoms. The Kier molecular flexibility index (Phi) is 6.36. The Morgan fingerprint density at radius 3 is 2.47 bits per heavy atom. The summed E-state index contributed by atoms with van der Waals surface area (Å²) in [6.07, 6.45) is 1.45. The van der Waals surface area contributed by atoms with E-state index in [1.54, 1.807) is 24.3 Å². The van der Waals surface area contributed by atoms with Gasteiger partial charge >= 0.3 is 0 Å². The summed E-state index contributed by atoms with van der Waals surface area (Å²) in [6, 6.07) is 6.82. The van der Waals surface area contributed by atoms with E-state index in [1.807, 2.05) is 0 Å². The normalized spacial score (nSPS) is 12.4. The van der Waals surface area contributed by atoms with Gasteiger partial charge in [-0.25, -0.2) is 0 Å². The highest BCUT2D eigenvalue weighted by Crippen LogP contribution is 2.14. The summed E-state index contributed by atoms with van der Waals surface area (Å²) in [5.41, 5.74) is 6.66. The van der Waals surface area contributed by atoms with Crippen molar-refractivity contribution in [1.29, 1.82) is 0 Å². The van der Waals surface area contributed by atoms with E-state index in [0.29, 0.717) is 25.4 Å². The number of carbonyl (C=O) groups is 1. The molecule has 1 aromatic rings. The fourth-order valence-electron chi connectivity index (χ4n) is 2.08. The Bertz CT molecular complexity index is 388. The number of phenols is 1. The third kappa shape index (κ3) is 6.25. The highest BCUT2D eigenvalue weighted by Gasteiger charge is 2.13. The molecule has 0 heterocycles. The Labute approximate surface area is 115 Å². The molecule has 0 saturated carbocycles. The minimum absolute atomic E-state index is 0.0316. The van der Waals surface area contributed by atoms with Gasteiger partial charge in [0.05, 0.1) is 0 Å². The standard InChI is InChI=1S/C15H24N2O2/c1-11(2)7-13(9-16)8-15(19)17-10-12-3-5-14(18)6-4-12/h3-6,11,13,18H,7-10,16H2,1-2H3,(H,17,19). The van der Waals surface area contributed by atoms with Gasteiger partial charge in [0.2, 0.25) is 5.91 Å². The molecule has 0 aliphatic rings. The number of nitrogens with one attached hydrogen (secondary N) is 1. The Balaban J connectivity index is 2.36. The topological polar surface area (TPSA) is 75.4 Å². The first kappa shape index (κ1) is 15.5. The van der Waals surface area contributed by atoms with E-state index < -0.39 is 0 Å². The highest BCUT2D eigenvalue weighted by atomic mass is 16.3. The van der Waals surface area contributed by atoms with Crippen LogP contribution in [0.25, 0.3) is 0 Å². The van der Waals surface area contributed by atoms with E-state index in [4.69, 9.17) is 10.8 Å². The second kappa shape index (κ2) is 7.79. The second-order valence-corrected chi connectivity index (χ2v) is 5.38. The van der Waals surface area contributed by atoms with Crippen LogP contribution in [0.1, 0.15) is 32.3 Å². The largest absolute Gasteiger partial charge is 0.508 e. The number of phenolic OH excluding ortho intramolecular Hbond substituents is 1. The number of amides is 1. The van der Waals surface area contributed by atoms with Crippen LogP contribution in [0.3, 0.4) is 0 Å². The van der Waals surface area contributed by atoms with Crippen molar-refractivity contribution in [2.45, 2.75) is 33.2 Å². The fourth-order valence-corrected chi connectivity index (χ4v) is 2.08. The van der Waals surface area contributed by atoms with Crippen molar-refractivity contribution in [2.24, 2.45) is 17.6 Å². The molecular weight excluding hydrogens is 240 g/mol. The van der Waals surface area contributed by atoms with E-state index in [2.05, 4.69) is 19.2 Å². The quantitative estimate of drug-likeness (QED) is 0.705. The summed E-state index contributed by atoms with van der Waals surface area (Å²) in [6.45, 7) is 5.30. The third-order valence-electron chi connectivity index (χ3n) is 3.04. The van der Waals surface area contributed by atoms with Gasteiger partial charge in [-0.2, -0.15) is 0 Å². The van der Waals surface area contributed by atoms with E-state index in [-0.39, 0.29) is 17.6 Å². The van der Waals surface area contributed by atoms with Gasteiger partial charge in [0.1, 0.15) is 5.75 Å². The summed E-state index contributed by atoms with van der Waals surface area (Å²) < 4.78 is 0. The minimum Gasteiger partial charge on any atom is -0.508 e. The molecule has 0 saturated heterocycles. The summed E-state index contributed by atoms with van der Waals surface area (Å²) in [5, 5.41) is 12.0. The summed E-state index contributed by atoms with van der Waals surface area (Å²) in [7, 11) is 0. The number of nitrogens with two attached hydrogens (primary N) is 1. The first-order chi connectivity index (χ1) is 9.01. The molecule has 0 radical (unpaired) electrons. The molecule has 1 atom stereocenters. The Morgan fingerprint density at radius 1 is 1.32 bits per heavy atom. The number of carbonyl (C=O) groups excluding carboxylic acids is 1. The lowest BCUT2D eigenvalue weighted by Gasteiger charge is -2.16. The van der Waals surface area contributed by atoms with Gasteiger partial charge in [0.15, 0.2) is 0 Å². The van der Waals surface area contributed by atoms with E-state index in [9.17, 15) is 4.79 Å². The van der Waals surface area contributed by atoms with Gasteiger partial charge in [-0.1, -0.05) is 26.0 Å². The molecular formula is C15H24N2O2. The molecule has 1 aromatic carbocycles. The summed E-state index contributed by atoms with van der Waals surface area (Å²) in [5.74, 6) is 1.07. The number of hydrogen-bond donors (Lipinski definition) is 3. The molecule has 4 nitrogen and oxygen atoms in total. The SMILES string of the molecule is CC(C)CC(CN)CC(=O)NCc1ccc(O)cc1. The van der Waals surface area contributed by atoms with E-state index in [1.165, 1.54) is 0 Å². The molecule has 19 heavy (non-hydrogen) atoms. The molecule has 0 aliphatic carbocycles. The van der Waals surface area contributed by atoms with Crippen molar-refractivity contribution in [1.82, 2.24) is 5.32 Å². The zero-order valence-corrected chi connectivity index (χ0v) is 11.7. The maximum atomic E-state index is 11.8. The van der Waals surface area contributed by atoms with Gasteiger partial charge in [-0.15, -0.1) is 0 Å². The minimum atomic E-state index is 0.0316. The van der Waals surface area contributed by atoms with Crippen LogP contribution in [-0.4, -0.2) is 17.6 Å². The van der Waals surface area contributed by atoms with Crippen molar-refractivity contribution in [3.8, 4) is 5.75 Å². The highest BCUT2D eigenvalue weighted by molar-refractivity contribution is 5.76. The lowest BCUT2D eigenvalue weighted by molar-refractivity contribution is -0.122. The summed E-state index contributed by atoms with van der Waals surface area (Å²) in [4.78, 5) is 11.8. The zero-order chi connectivity index (χ0) is 14.3. The van der Waals surface area contributed by atoms with Gasteiger partial charge in [-0.3, -0.25) is 4.79 Å². The molecule has 106 valence electrons. The second-order valence-electron chi connectivity index (χ2n) is 5.38. The molecule has 1 unspecified atom stereocenters. The zero-order valence-electron chi connectivity index (χ0n) is 11.7. The molecule has 1 rings (SSSR count). The molecule has 0 bridgehead atoms. The Morgan fingerprint density at radius 2 is 1.95 bits per heavy atom. The predicted octanol–water partition coefficient (Wildman–Crippen LogP) is 2.02. The number of hydrogen-bond acceptors (Lipinski definition) is 3. The van der Waals surface area contributed by atoms with E-state index in [0.717, 1.165) is 12.0 Å². The number of aromatic hydroxyl groups is 1. The van der Waals surface area contributed by atoms with Gasteiger partial charge in [0.25, 0.3) is 0 Å².